The number of H-pyrrole nitrogens is 2. The Morgan fingerprint density at radius 2 is 1.71 bits per heavy atom. The molecule has 24 heavy (non-hydrogen) atoms. The molecule has 2 heterocycles. The number of aliphatic hydroxyl groups excluding tert-OH is 1. The van der Waals surface area contributed by atoms with Crippen molar-refractivity contribution < 1.29 is 5.11 Å². The van der Waals surface area contributed by atoms with Crippen LogP contribution in [0.3, 0.4) is 0 Å². The zero-order valence-electron chi connectivity index (χ0n) is 14.1. The molecule has 0 aliphatic carbocycles. The summed E-state index contributed by atoms with van der Waals surface area (Å²) < 4.78 is 0. The van der Waals surface area contributed by atoms with Crippen molar-refractivity contribution in [2.45, 2.75) is 20.0 Å². The Labute approximate surface area is 141 Å². The van der Waals surface area contributed by atoms with Gasteiger partial charge in [0.1, 0.15) is 0 Å². The van der Waals surface area contributed by atoms with E-state index in [0.29, 0.717) is 6.54 Å². The van der Waals surface area contributed by atoms with Crippen molar-refractivity contribution in [3.05, 3.63) is 48.2 Å². The summed E-state index contributed by atoms with van der Waals surface area (Å²) in [4.78, 5) is 9.13. The molecule has 0 bridgehead atoms. The number of hydrogen-bond donors (Lipinski definition) is 3. The highest BCUT2D eigenvalue weighted by atomic mass is 16.3. The summed E-state index contributed by atoms with van der Waals surface area (Å²) in [6, 6.07) is 12.6. The van der Waals surface area contributed by atoms with Crippen LogP contribution in [0.25, 0.3) is 32.7 Å². The van der Waals surface area contributed by atoms with Crippen LogP contribution in [0, 0.1) is 0 Å². The van der Waals surface area contributed by atoms with Crippen LogP contribution in [0.15, 0.2) is 42.6 Å². The average molecular weight is 321 g/mol. The minimum absolute atomic E-state index is 0.486. The van der Waals surface area contributed by atoms with E-state index in [1.54, 1.807) is 0 Å². The van der Waals surface area contributed by atoms with Gasteiger partial charge in [-0.1, -0.05) is 44.2 Å². The molecule has 0 saturated heterocycles. The molecule has 0 aliphatic rings. The summed E-state index contributed by atoms with van der Waals surface area (Å²) in [5.41, 5.74) is 4.28. The van der Waals surface area contributed by atoms with Crippen molar-refractivity contribution in [3.8, 4) is 0 Å². The maximum atomic E-state index is 10.7. The second-order valence-corrected chi connectivity index (χ2v) is 6.33. The number of nitrogens with zero attached hydrogens (tertiary/aromatic N) is 1. The Balaban J connectivity index is 1.83. The van der Waals surface area contributed by atoms with Gasteiger partial charge in [0.05, 0.1) is 17.1 Å². The van der Waals surface area contributed by atoms with Crippen LogP contribution in [0.2, 0.25) is 0 Å². The van der Waals surface area contributed by atoms with Crippen LogP contribution in [0.1, 0.15) is 25.5 Å². The molecule has 4 aromatic rings. The minimum Gasteiger partial charge on any atom is -0.387 e. The molecule has 0 spiro atoms. The van der Waals surface area contributed by atoms with Gasteiger partial charge in [-0.2, -0.15) is 0 Å². The Hall–Kier alpha value is -2.30. The van der Waals surface area contributed by atoms with Gasteiger partial charge in [0.25, 0.3) is 0 Å². The highest BCUT2D eigenvalue weighted by Crippen LogP contribution is 2.33. The molecule has 1 unspecified atom stereocenters. The van der Waals surface area contributed by atoms with Crippen molar-refractivity contribution in [3.63, 3.8) is 0 Å². The van der Waals surface area contributed by atoms with Crippen LogP contribution < -0.4 is 0 Å². The first kappa shape index (κ1) is 15.2. The Morgan fingerprint density at radius 1 is 0.958 bits per heavy atom. The lowest BCUT2D eigenvalue weighted by Gasteiger charge is -2.21. The Bertz CT molecular complexity index is 994. The largest absolute Gasteiger partial charge is 0.387 e. The fourth-order valence-electron chi connectivity index (χ4n) is 3.64. The number of rotatable bonds is 5. The lowest BCUT2D eigenvalue weighted by molar-refractivity contribution is 0.120. The fourth-order valence-corrected chi connectivity index (χ4v) is 3.64. The zero-order valence-corrected chi connectivity index (χ0v) is 14.1. The van der Waals surface area contributed by atoms with E-state index in [2.05, 4.69) is 59.0 Å². The normalized spacial score (nSPS) is 13.5. The predicted octanol–water partition coefficient (Wildman–Crippen LogP) is 4.18. The van der Waals surface area contributed by atoms with Crippen molar-refractivity contribution >= 4 is 32.7 Å². The fraction of sp³-hybridized carbons (Fsp3) is 0.300. The maximum Gasteiger partial charge on any atom is 0.0937 e. The molecule has 4 heteroatoms. The van der Waals surface area contributed by atoms with Crippen LogP contribution in [-0.2, 0) is 0 Å². The molecular formula is C20H23N3O. The number of fused-ring (bicyclic) bond motifs is 5. The SMILES string of the molecule is CCN(CC)CC(O)c1c[nH]c2c1ccc1c3ccccc3[nH]c12. The smallest absolute Gasteiger partial charge is 0.0937 e. The van der Waals surface area contributed by atoms with E-state index in [9.17, 15) is 5.11 Å². The minimum atomic E-state index is -0.486. The van der Waals surface area contributed by atoms with E-state index in [1.165, 1.54) is 10.8 Å². The number of hydrogen-bond acceptors (Lipinski definition) is 2. The second-order valence-electron chi connectivity index (χ2n) is 6.33. The highest BCUT2D eigenvalue weighted by molar-refractivity contribution is 6.16. The van der Waals surface area contributed by atoms with Crippen molar-refractivity contribution in [2.24, 2.45) is 0 Å². The summed E-state index contributed by atoms with van der Waals surface area (Å²) >= 11 is 0. The molecule has 0 fully saturated rings. The molecule has 2 aromatic heterocycles. The second kappa shape index (κ2) is 5.96. The third kappa shape index (κ3) is 2.30. The van der Waals surface area contributed by atoms with Crippen LogP contribution in [-0.4, -0.2) is 39.6 Å². The van der Waals surface area contributed by atoms with Gasteiger partial charge in [0.15, 0.2) is 0 Å². The number of nitrogens with one attached hydrogen (secondary N) is 2. The Morgan fingerprint density at radius 3 is 2.50 bits per heavy atom. The number of aromatic nitrogens is 2. The third-order valence-electron chi connectivity index (χ3n) is 5.05. The number of para-hydroxylation sites is 1. The van der Waals surface area contributed by atoms with Crippen molar-refractivity contribution in [2.75, 3.05) is 19.6 Å². The van der Waals surface area contributed by atoms with Crippen molar-refractivity contribution in [1.82, 2.24) is 14.9 Å². The van der Waals surface area contributed by atoms with Gasteiger partial charge in [-0.15, -0.1) is 0 Å². The van der Waals surface area contributed by atoms with E-state index >= 15 is 0 Å². The highest BCUT2D eigenvalue weighted by Gasteiger charge is 2.17. The maximum absolute atomic E-state index is 10.7. The van der Waals surface area contributed by atoms with E-state index in [-0.39, 0.29) is 0 Å². The van der Waals surface area contributed by atoms with Crippen molar-refractivity contribution in [1.29, 1.82) is 0 Å². The van der Waals surface area contributed by atoms with E-state index < -0.39 is 6.10 Å². The average Bonchev–Trinajstić information content (AvgIpc) is 3.20. The standard InChI is InChI=1S/C20H23N3O/c1-3-23(4-2)12-18(24)16-11-21-19-15(16)10-9-14-13-7-5-6-8-17(13)22-20(14)19/h5-11,18,21-22,24H,3-4,12H2,1-2H3. The van der Waals surface area contributed by atoms with Gasteiger partial charge in [-0.25, -0.2) is 0 Å². The molecule has 4 rings (SSSR count). The Kier molecular flexibility index (Phi) is 3.79. The summed E-state index contributed by atoms with van der Waals surface area (Å²) in [6.45, 7) is 6.80. The number of aliphatic hydroxyl groups is 1. The zero-order chi connectivity index (χ0) is 16.7. The van der Waals surface area contributed by atoms with Gasteiger partial charge >= 0.3 is 0 Å². The molecule has 0 aliphatic heterocycles. The topological polar surface area (TPSA) is 55.0 Å². The number of aromatic amines is 2. The first-order valence-corrected chi connectivity index (χ1v) is 8.63. The summed E-state index contributed by atoms with van der Waals surface area (Å²) in [5, 5.41) is 14.2. The van der Waals surface area contributed by atoms with Gasteiger partial charge < -0.3 is 20.0 Å². The van der Waals surface area contributed by atoms with Gasteiger partial charge in [-0.3, -0.25) is 0 Å². The lowest BCUT2D eigenvalue weighted by Crippen LogP contribution is -2.28. The van der Waals surface area contributed by atoms with E-state index in [1.807, 2.05) is 12.3 Å². The quantitative estimate of drug-likeness (QED) is 0.516. The van der Waals surface area contributed by atoms with Gasteiger partial charge in [0, 0.05) is 40.0 Å². The summed E-state index contributed by atoms with van der Waals surface area (Å²) in [6.07, 6.45) is 1.46. The molecular weight excluding hydrogens is 298 g/mol. The molecule has 0 saturated carbocycles. The van der Waals surface area contributed by atoms with Crippen LogP contribution >= 0.6 is 0 Å². The van der Waals surface area contributed by atoms with E-state index in [0.717, 1.165) is 40.6 Å². The first-order chi connectivity index (χ1) is 11.7. The monoisotopic (exact) mass is 321 g/mol. The number of benzene rings is 2. The molecule has 1 atom stereocenters. The summed E-state index contributed by atoms with van der Waals surface area (Å²) in [7, 11) is 0. The predicted molar refractivity (Wildman–Crippen MR) is 100 cm³/mol. The lowest BCUT2D eigenvalue weighted by atomic mass is 10.1. The first-order valence-electron chi connectivity index (χ1n) is 8.63. The van der Waals surface area contributed by atoms with E-state index in [4.69, 9.17) is 0 Å². The van der Waals surface area contributed by atoms with Crippen LogP contribution in [0.4, 0.5) is 0 Å². The molecule has 4 nitrogen and oxygen atoms in total. The molecule has 3 N–H and O–H groups in total. The molecule has 2 aromatic carbocycles. The van der Waals surface area contributed by atoms with Gasteiger partial charge in [-0.05, 0) is 19.2 Å². The molecule has 0 radical (unpaired) electrons. The molecule has 0 amide bonds. The van der Waals surface area contributed by atoms with Gasteiger partial charge in [0.2, 0.25) is 0 Å². The number of likely N-dealkylation sites (N-methyl/N-ethyl adjacent to an activating group) is 1. The van der Waals surface area contributed by atoms with Crippen LogP contribution in [0.5, 0.6) is 0 Å². The summed E-state index contributed by atoms with van der Waals surface area (Å²) in [5.74, 6) is 0. The third-order valence-corrected chi connectivity index (χ3v) is 5.05. The molecule has 124 valence electrons.